The number of hydrogen-bond donors (Lipinski definition) is 0. The van der Waals surface area contributed by atoms with Crippen LogP contribution in [0.5, 0.6) is 0 Å². The number of nitrogens with zero attached hydrogens (tertiary/aromatic N) is 1. The van der Waals surface area contributed by atoms with Gasteiger partial charge in [0.25, 0.3) is 0 Å². The molecule has 2 atom stereocenters. The van der Waals surface area contributed by atoms with Gasteiger partial charge < -0.3 is 0 Å². The molecule has 1 saturated carbocycles. The summed E-state index contributed by atoms with van der Waals surface area (Å²) in [5.41, 5.74) is 0. The molecule has 0 unspecified atom stereocenters. The summed E-state index contributed by atoms with van der Waals surface area (Å²) in [6, 6.07) is 1.92. The largest absolute Gasteiger partial charge is 0.229 e. The number of nitriles is 1. The molecule has 0 aromatic carbocycles. The first-order valence-corrected chi connectivity index (χ1v) is 4.59. The molecule has 0 radical (unpaired) electrons. The van der Waals surface area contributed by atoms with Crippen molar-refractivity contribution in [1.82, 2.24) is 0 Å². The van der Waals surface area contributed by atoms with Crippen LogP contribution in [-0.2, 0) is 9.84 Å². The Kier molecular flexibility index (Phi) is 1.24. The van der Waals surface area contributed by atoms with Crippen LogP contribution in [-0.4, -0.2) is 19.9 Å². The van der Waals surface area contributed by atoms with Gasteiger partial charge in [-0.15, -0.1) is 0 Å². The van der Waals surface area contributed by atoms with E-state index < -0.39 is 9.84 Å². The van der Waals surface area contributed by atoms with Gasteiger partial charge in [0, 0.05) is 6.26 Å². The highest BCUT2D eigenvalue weighted by Crippen LogP contribution is 2.35. The third-order valence-electron chi connectivity index (χ3n) is 1.45. The molecule has 0 aromatic rings. The van der Waals surface area contributed by atoms with Crippen LogP contribution in [0.4, 0.5) is 0 Å². The van der Waals surface area contributed by atoms with Gasteiger partial charge in [-0.05, 0) is 6.42 Å². The van der Waals surface area contributed by atoms with Crippen molar-refractivity contribution in [2.45, 2.75) is 11.7 Å². The van der Waals surface area contributed by atoms with E-state index in [1.54, 1.807) is 0 Å². The van der Waals surface area contributed by atoms with Crippen LogP contribution in [0, 0.1) is 17.2 Å². The average Bonchev–Trinajstić information content (AvgIpc) is 2.39. The van der Waals surface area contributed by atoms with E-state index in [-0.39, 0.29) is 11.2 Å². The van der Waals surface area contributed by atoms with Gasteiger partial charge in [-0.3, -0.25) is 0 Å². The molecule has 0 saturated heterocycles. The van der Waals surface area contributed by atoms with E-state index >= 15 is 0 Å². The number of hydrogen-bond acceptors (Lipinski definition) is 3. The Bertz CT molecular complexity index is 249. The maximum atomic E-state index is 10.6. The minimum Gasteiger partial charge on any atom is -0.229 e. The van der Waals surface area contributed by atoms with Gasteiger partial charge in [0.15, 0.2) is 9.84 Å². The van der Waals surface area contributed by atoms with Crippen LogP contribution < -0.4 is 0 Å². The van der Waals surface area contributed by atoms with Crippen molar-refractivity contribution in [3.05, 3.63) is 0 Å². The minimum atomic E-state index is -2.91. The highest BCUT2D eigenvalue weighted by molar-refractivity contribution is 7.91. The fourth-order valence-corrected chi connectivity index (χ4v) is 2.00. The normalized spacial score (nSPS) is 33.3. The van der Waals surface area contributed by atoms with Crippen molar-refractivity contribution >= 4 is 9.84 Å². The Hall–Kier alpha value is -0.560. The van der Waals surface area contributed by atoms with Crippen LogP contribution in [0.25, 0.3) is 0 Å². The molecule has 50 valence electrons. The lowest BCUT2D eigenvalue weighted by atomic mass is 10.5. The summed E-state index contributed by atoms with van der Waals surface area (Å²) in [5, 5.41) is 7.87. The second kappa shape index (κ2) is 1.71. The van der Waals surface area contributed by atoms with Gasteiger partial charge in [0.1, 0.15) is 0 Å². The van der Waals surface area contributed by atoms with Crippen molar-refractivity contribution in [2.75, 3.05) is 6.26 Å². The standard InChI is InChI=1S/C5H7NO2S/c1-9(7,8)5-2-4(5)3-6/h4-5H,2H2,1H3/t4-,5+/m0/s1. The summed E-state index contributed by atoms with van der Waals surface area (Å²) in [7, 11) is -2.91. The maximum Gasteiger partial charge on any atom is 0.151 e. The first-order chi connectivity index (χ1) is 4.05. The van der Waals surface area contributed by atoms with Crippen LogP contribution in [0.15, 0.2) is 0 Å². The van der Waals surface area contributed by atoms with Gasteiger partial charge in [-0.1, -0.05) is 0 Å². The van der Waals surface area contributed by atoms with Gasteiger partial charge >= 0.3 is 0 Å². The zero-order valence-corrected chi connectivity index (χ0v) is 5.85. The number of rotatable bonds is 1. The molecule has 0 N–H and O–H groups in total. The van der Waals surface area contributed by atoms with E-state index in [0.29, 0.717) is 6.42 Å². The first-order valence-electron chi connectivity index (χ1n) is 2.64. The summed E-state index contributed by atoms with van der Waals surface area (Å²) in [4.78, 5) is 0. The zero-order valence-electron chi connectivity index (χ0n) is 5.03. The quantitative estimate of drug-likeness (QED) is 0.519. The topological polar surface area (TPSA) is 57.9 Å². The molecule has 3 nitrogen and oxygen atoms in total. The van der Waals surface area contributed by atoms with Gasteiger partial charge in [0.2, 0.25) is 0 Å². The second-order valence-electron chi connectivity index (χ2n) is 2.34. The van der Waals surface area contributed by atoms with Crippen molar-refractivity contribution in [2.24, 2.45) is 5.92 Å². The van der Waals surface area contributed by atoms with Gasteiger partial charge in [-0.2, -0.15) is 5.26 Å². The fraction of sp³-hybridized carbons (Fsp3) is 0.800. The molecule has 0 amide bonds. The SMILES string of the molecule is CS(=O)(=O)[C@@H]1C[C@H]1C#N. The Morgan fingerprint density at radius 3 is 2.33 bits per heavy atom. The van der Waals surface area contributed by atoms with Crippen molar-refractivity contribution < 1.29 is 8.42 Å². The molecule has 9 heavy (non-hydrogen) atoms. The Morgan fingerprint density at radius 2 is 2.22 bits per heavy atom. The Morgan fingerprint density at radius 1 is 1.67 bits per heavy atom. The molecule has 4 heteroatoms. The molecule has 0 heterocycles. The van der Waals surface area contributed by atoms with Crippen LogP contribution in [0.3, 0.4) is 0 Å². The lowest BCUT2D eigenvalue weighted by molar-refractivity contribution is 0.599. The van der Waals surface area contributed by atoms with Gasteiger partial charge in [-0.25, -0.2) is 8.42 Å². The summed E-state index contributed by atoms with van der Waals surface area (Å²) in [5.74, 6) is -0.222. The van der Waals surface area contributed by atoms with E-state index in [0.717, 1.165) is 0 Å². The highest BCUT2D eigenvalue weighted by atomic mass is 32.2. The monoisotopic (exact) mass is 145 g/mol. The molecule has 0 bridgehead atoms. The van der Waals surface area contributed by atoms with E-state index in [1.807, 2.05) is 6.07 Å². The average molecular weight is 145 g/mol. The molecule has 0 spiro atoms. The lowest BCUT2D eigenvalue weighted by Gasteiger charge is -1.86. The summed E-state index contributed by atoms with van der Waals surface area (Å²) in [6.07, 6.45) is 1.71. The summed E-state index contributed by atoms with van der Waals surface area (Å²) < 4.78 is 21.2. The van der Waals surface area contributed by atoms with Crippen LogP contribution >= 0.6 is 0 Å². The van der Waals surface area contributed by atoms with Crippen molar-refractivity contribution in [1.29, 1.82) is 5.26 Å². The zero-order chi connectivity index (χ0) is 7.07. The molecule has 0 aromatic heterocycles. The molecule has 1 aliphatic rings. The summed E-state index contributed by atoms with van der Waals surface area (Å²) >= 11 is 0. The van der Waals surface area contributed by atoms with E-state index in [1.165, 1.54) is 6.26 Å². The third kappa shape index (κ3) is 1.22. The predicted octanol–water partition coefficient (Wildman–Crippen LogP) is -0.0569. The van der Waals surface area contributed by atoms with Gasteiger partial charge in [0.05, 0.1) is 17.2 Å². The second-order valence-corrected chi connectivity index (χ2v) is 4.60. The maximum absolute atomic E-state index is 10.6. The molecule has 1 rings (SSSR count). The lowest BCUT2D eigenvalue weighted by Crippen LogP contribution is -2.04. The number of sulfone groups is 1. The molecule has 0 aliphatic heterocycles. The first kappa shape index (κ1) is 6.56. The molecular formula is C5H7NO2S. The Labute approximate surface area is 54.2 Å². The molecular weight excluding hydrogens is 138 g/mol. The summed E-state index contributed by atoms with van der Waals surface area (Å²) in [6.45, 7) is 0. The molecule has 1 aliphatic carbocycles. The van der Waals surface area contributed by atoms with Crippen LogP contribution in [0.2, 0.25) is 0 Å². The highest BCUT2D eigenvalue weighted by Gasteiger charge is 2.45. The third-order valence-corrected chi connectivity index (χ3v) is 3.07. The van der Waals surface area contributed by atoms with Crippen molar-refractivity contribution in [3.8, 4) is 6.07 Å². The smallest absolute Gasteiger partial charge is 0.151 e. The van der Waals surface area contributed by atoms with Crippen molar-refractivity contribution in [3.63, 3.8) is 0 Å². The predicted molar refractivity (Wildman–Crippen MR) is 32.4 cm³/mol. The fourth-order valence-electron chi connectivity index (χ4n) is 0.781. The van der Waals surface area contributed by atoms with E-state index in [2.05, 4.69) is 0 Å². The van der Waals surface area contributed by atoms with E-state index in [4.69, 9.17) is 5.26 Å². The minimum absolute atomic E-state index is 0.222. The Balaban J connectivity index is 2.66. The van der Waals surface area contributed by atoms with E-state index in [9.17, 15) is 8.42 Å². The van der Waals surface area contributed by atoms with Crippen LogP contribution in [0.1, 0.15) is 6.42 Å². The molecule has 1 fully saturated rings.